The van der Waals surface area contributed by atoms with Gasteiger partial charge in [0.2, 0.25) is 0 Å². The number of fused-ring (bicyclic) bond motifs is 1. The molecule has 0 spiro atoms. The minimum Gasteiger partial charge on any atom is -0.481 e. The fraction of sp³-hybridized carbons (Fsp3) is 0.462. The van der Waals surface area contributed by atoms with E-state index in [9.17, 15) is 4.79 Å². The van der Waals surface area contributed by atoms with Gasteiger partial charge in [-0.15, -0.1) is 0 Å². The van der Waals surface area contributed by atoms with E-state index in [2.05, 4.69) is 28.1 Å². The molecule has 0 saturated heterocycles. The van der Waals surface area contributed by atoms with Gasteiger partial charge in [-0.3, -0.25) is 4.79 Å². The average molecular weight is 283 g/mol. The summed E-state index contributed by atoms with van der Waals surface area (Å²) in [7, 11) is 0. The molecule has 0 fully saturated rings. The number of carboxylic acids is 1. The van der Waals surface area contributed by atoms with Crippen LogP contribution in [0.15, 0.2) is 16.6 Å². The number of rotatable bonds is 3. The Morgan fingerprint density at radius 1 is 1.25 bits per heavy atom. The molecule has 0 bridgehead atoms. The fourth-order valence-corrected chi connectivity index (χ4v) is 2.83. The van der Waals surface area contributed by atoms with E-state index >= 15 is 0 Å². The first kappa shape index (κ1) is 11.6. The Kier molecular flexibility index (Phi) is 3.64. The number of carbonyl (C=O) groups is 1. The van der Waals surface area contributed by atoms with Crippen molar-refractivity contribution in [3.63, 3.8) is 0 Å². The molecule has 0 saturated carbocycles. The van der Waals surface area contributed by atoms with E-state index < -0.39 is 5.97 Å². The lowest BCUT2D eigenvalue weighted by molar-refractivity contribution is -0.136. The first-order valence-electron chi connectivity index (χ1n) is 5.69. The van der Waals surface area contributed by atoms with Gasteiger partial charge in [-0.2, -0.15) is 0 Å². The molecule has 0 heterocycles. The summed E-state index contributed by atoms with van der Waals surface area (Å²) in [5.41, 5.74) is 3.97. The molecule has 1 aromatic rings. The van der Waals surface area contributed by atoms with Crippen LogP contribution in [0.25, 0.3) is 0 Å². The van der Waals surface area contributed by atoms with E-state index in [1.807, 2.05) is 0 Å². The monoisotopic (exact) mass is 282 g/mol. The van der Waals surface area contributed by atoms with Gasteiger partial charge in [0.05, 0.1) is 0 Å². The second-order valence-corrected chi connectivity index (χ2v) is 5.17. The molecule has 86 valence electrons. The molecule has 0 amide bonds. The first-order valence-corrected chi connectivity index (χ1v) is 6.48. The second kappa shape index (κ2) is 5.00. The molecule has 1 aliphatic rings. The number of hydrogen-bond donors (Lipinski definition) is 1. The van der Waals surface area contributed by atoms with Crippen LogP contribution in [-0.2, 0) is 24.1 Å². The Bertz CT molecular complexity index is 413. The van der Waals surface area contributed by atoms with Gasteiger partial charge in [0.15, 0.2) is 0 Å². The molecule has 0 radical (unpaired) electrons. The van der Waals surface area contributed by atoms with E-state index in [0.717, 1.165) is 22.9 Å². The van der Waals surface area contributed by atoms with Crippen molar-refractivity contribution in [1.82, 2.24) is 0 Å². The molecule has 2 nitrogen and oxygen atoms in total. The number of aryl methyl sites for hydroxylation is 3. The van der Waals surface area contributed by atoms with Crippen LogP contribution in [0.2, 0.25) is 0 Å². The minimum absolute atomic E-state index is 0.206. The molecular formula is C13H15BrO2. The van der Waals surface area contributed by atoms with Gasteiger partial charge in [0.25, 0.3) is 0 Å². The quantitative estimate of drug-likeness (QED) is 0.923. The Balaban J connectivity index is 2.21. The van der Waals surface area contributed by atoms with Crippen molar-refractivity contribution in [2.75, 3.05) is 0 Å². The van der Waals surface area contributed by atoms with Crippen LogP contribution in [0.4, 0.5) is 0 Å². The molecule has 2 rings (SSSR count). The maximum Gasteiger partial charge on any atom is 0.303 e. The maximum atomic E-state index is 10.6. The van der Waals surface area contributed by atoms with Gasteiger partial charge < -0.3 is 5.11 Å². The zero-order valence-corrected chi connectivity index (χ0v) is 10.7. The topological polar surface area (TPSA) is 37.3 Å². The van der Waals surface area contributed by atoms with Crippen molar-refractivity contribution in [3.05, 3.63) is 33.3 Å². The second-order valence-electron chi connectivity index (χ2n) is 4.31. The highest BCUT2D eigenvalue weighted by Gasteiger charge is 2.12. The number of halogens is 1. The Morgan fingerprint density at radius 2 is 1.88 bits per heavy atom. The average Bonchev–Trinajstić information content (AvgIpc) is 2.26. The highest BCUT2D eigenvalue weighted by molar-refractivity contribution is 9.10. The molecule has 16 heavy (non-hydrogen) atoms. The molecule has 1 N–H and O–H groups in total. The van der Waals surface area contributed by atoms with E-state index in [-0.39, 0.29) is 6.42 Å². The lowest BCUT2D eigenvalue weighted by Crippen LogP contribution is -2.05. The number of carboxylic acid groups (broad SMARTS) is 1. The molecule has 1 aromatic carbocycles. The van der Waals surface area contributed by atoms with Crippen LogP contribution < -0.4 is 0 Å². The molecular weight excluding hydrogens is 268 g/mol. The van der Waals surface area contributed by atoms with Crippen molar-refractivity contribution >= 4 is 21.9 Å². The fourth-order valence-electron chi connectivity index (χ4n) is 2.24. The summed E-state index contributed by atoms with van der Waals surface area (Å²) in [4.78, 5) is 10.6. The van der Waals surface area contributed by atoms with Gasteiger partial charge in [-0.1, -0.05) is 22.0 Å². The normalized spacial score (nSPS) is 14.6. The molecule has 0 aromatic heterocycles. The lowest BCUT2D eigenvalue weighted by Gasteiger charge is -2.17. The van der Waals surface area contributed by atoms with Crippen molar-refractivity contribution in [3.8, 4) is 0 Å². The van der Waals surface area contributed by atoms with Crippen molar-refractivity contribution in [2.45, 2.75) is 38.5 Å². The molecule has 3 heteroatoms. The lowest BCUT2D eigenvalue weighted by atomic mass is 9.90. The van der Waals surface area contributed by atoms with Gasteiger partial charge in [0.1, 0.15) is 0 Å². The van der Waals surface area contributed by atoms with Crippen molar-refractivity contribution < 1.29 is 9.90 Å². The summed E-state index contributed by atoms with van der Waals surface area (Å²) >= 11 is 3.53. The predicted molar refractivity (Wildman–Crippen MR) is 66.7 cm³/mol. The van der Waals surface area contributed by atoms with E-state index in [0.29, 0.717) is 6.42 Å². The minimum atomic E-state index is -0.732. The van der Waals surface area contributed by atoms with Gasteiger partial charge >= 0.3 is 5.97 Å². The largest absolute Gasteiger partial charge is 0.481 e. The number of benzene rings is 1. The standard InChI is InChI=1S/C13H15BrO2/c14-12-8-10-4-2-1-3-9(10)7-11(12)5-6-13(15)16/h7-8H,1-6H2,(H,15,16). The van der Waals surface area contributed by atoms with E-state index in [4.69, 9.17) is 5.11 Å². The Morgan fingerprint density at radius 3 is 2.50 bits per heavy atom. The summed E-state index contributed by atoms with van der Waals surface area (Å²) in [5.74, 6) is -0.732. The molecule has 0 atom stereocenters. The van der Waals surface area contributed by atoms with Crippen molar-refractivity contribution in [2.24, 2.45) is 0 Å². The number of aliphatic carboxylic acids is 1. The van der Waals surface area contributed by atoms with Gasteiger partial charge in [-0.05, 0) is 54.9 Å². The van der Waals surface area contributed by atoms with Crippen LogP contribution in [-0.4, -0.2) is 11.1 Å². The molecule has 0 unspecified atom stereocenters. The number of hydrogen-bond acceptors (Lipinski definition) is 1. The third kappa shape index (κ3) is 2.64. The van der Waals surface area contributed by atoms with Crippen LogP contribution in [0.5, 0.6) is 0 Å². The van der Waals surface area contributed by atoms with Crippen LogP contribution in [0.3, 0.4) is 0 Å². The van der Waals surface area contributed by atoms with Crippen molar-refractivity contribution in [1.29, 1.82) is 0 Å². The predicted octanol–water partition coefficient (Wildman–Crippen LogP) is 3.35. The highest BCUT2D eigenvalue weighted by atomic mass is 79.9. The Labute approximate surface area is 104 Å². The van der Waals surface area contributed by atoms with Crippen LogP contribution in [0, 0.1) is 0 Å². The SMILES string of the molecule is O=C(O)CCc1cc2c(cc1Br)CCCC2. The van der Waals surface area contributed by atoms with Crippen LogP contribution >= 0.6 is 15.9 Å². The zero-order valence-electron chi connectivity index (χ0n) is 9.13. The first-order chi connectivity index (χ1) is 7.66. The van der Waals surface area contributed by atoms with Gasteiger partial charge in [0, 0.05) is 10.9 Å². The van der Waals surface area contributed by atoms with E-state index in [1.54, 1.807) is 0 Å². The summed E-state index contributed by atoms with van der Waals surface area (Å²) < 4.78 is 1.06. The van der Waals surface area contributed by atoms with Crippen LogP contribution in [0.1, 0.15) is 36.0 Å². The van der Waals surface area contributed by atoms with E-state index in [1.165, 1.54) is 24.0 Å². The summed E-state index contributed by atoms with van der Waals surface area (Å²) in [6, 6.07) is 4.35. The Hall–Kier alpha value is -0.830. The maximum absolute atomic E-state index is 10.6. The smallest absolute Gasteiger partial charge is 0.303 e. The summed E-state index contributed by atoms with van der Waals surface area (Å²) in [6.45, 7) is 0. The molecule has 1 aliphatic carbocycles. The summed E-state index contributed by atoms with van der Waals surface area (Å²) in [5, 5.41) is 8.69. The highest BCUT2D eigenvalue weighted by Crippen LogP contribution is 2.28. The van der Waals surface area contributed by atoms with Gasteiger partial charge in [-0.25, -0.2) is 0 Å². The third-order valence-electron chi connectivity index (χ3n) is 3.12. The summed E-state index contributed by atoms with van der Waals surface area (Å²) in [6.07, 6.45) is 5.65. The zero-order chi connectivity index (χ0) is 11.5. The third-order valence-corrected chi connectivity index (χ3v) is 3.86. The molecule has 0 aliphatic heterocycles.